The quantitative estimate of drug-likeness (QED) is 0.801. The van der Waals surface area contributed by atoms with Crippen LogP contribution in [0.15, 0.2) is 29.4 Å². The molecule has 134 valence electrons. The van der Waals surface area contributed by atoms with Gasteiger partial charge in [0.25, 0.3) is 0 Å². The van der Waals surface area contributed by atoms with Crippen molar-refractivity contribution < 1.29 is 9.53 Å². The minimum atomic E-state index is 0.134. The minimum absolute atomic E-state index is 0.134. The van der Waals surface area contributed by atoms with Crippen LogP contribution in [-0.4, -0.2) is 34.0 Å². The van der Waals surface area contributed by atoms with Crippen LogP contribution in [-0.2, 0) is 11.3 Å². The van der Waals surface area contributed by atoms with Crippen LogP contribution >= 0.6 is 11.8 Å². The van der Waals surface area contributed by atoms with Crippen molar-refractivity contribution in [3.8, 4) is 11.4 Å². The Morgan fingerprint density at radius 1 is 1.24 bits per heavy atom. The summed E-state index contributed by atoms with van der Waals surface area (Å²) in [5, 5.41) is 12.3. The highest BCUT2D eigenvalue weighted by Crippen LogP contribution is 2.25. The van der Waals surface area contributed by atoms with Crippen molar-refractivity contribution in [3.63, 3.8) is 0 Å². The number of nitrogens with zero attached hydrogens (tertiary/aromatic N) is 3. The number of thioether (sulfide) groups is 1. The first-order valence-corrected chi connectivity index (χ1v) is 9.86. The van der Waals surface area contributed by atoms with Crippen LogP contribution in [0.3, 0.4) is 0 Å². The highest BCUT2D eigenvalue weighted by molar-refractivity contribution is 7.98. The predicted molar refractivity (Wildman–Crippen MR) is 98.1 cm³/mol. The highest BCUT2D eigenvalue weighted by Gasteiger charge is 2.22. The standard InChI is InChI=1S/C18H24N4O2S/c1-24-15-10-8-14(9-11-15)22-16(20-21-18(22)25-2)12-19-17(23)13-6-4-3-5-7-13/h8-11,13H,3-7,12H2,1-2H3,(H,19,23). The number of carbonyl (C=O) groups is 1. The zero-order valence-electron chi connectivity index (χ0n) is 14.7. The predicted octanol–water partition coefficient (Wildman–Crippen LogP) is 3.19. The third-order valence-corrected chi connectivity index (χ3v) is 5.24. The van der Waals surface area contributed by atoms with E-state index in [1.165, 1.54) is 18.2 Å². The Morgan fingerprint density at radius 3 is 2.60 bits per heavy atom. The number of benzene rings is 1. The van der Waals surface area contributed by atoms with Gasteiger partial charge in [0.1, 0.15) is 5.75 Å². The van der Waals surface area contributed by atoms with E-state index in [-0.39, 0.29) is 11.8 Å². The van der Waals surface area contributed by atoms with E-state index in [2.05, 4.69) is 15.5 Å². The fraction of sp³-hybridized carbons (Fsp3) is 0.500. The van der Waals surface area contributed by atoms with Crippen LogP contribution in [0.1, 0.15) is 37.9 Å². The molecule has 25 heavy (non-hydrogen) atoms. The van der Waals surface area contributed by atoms with Gasteiger partial charge in [0.05, 0.1) is 13.7 Å². The summed E-state index contributed by atoms with van der Waals surface area (Å²) in [6, 6.07) is 7.75. The normalized spacial score (nSPS) is 15.1. The molecule has 1 saturated carbocycles. The first kappa shape index (κ1) is 17.8. The summed E-state index contributed by atoms with van der Waals surface area (Å²) in [7, 11) is 1.65. The fourth-order valence-electron chi connectivity index (χ4n) is 3.21. The molecule has 3 rings (SSSR count). The summed E-state index contributed by atoms with van der Waals surface area (Å²) in [6.45, 7) is 0.384. The minimum Gasteiger partial charge on any atom is -0.497 e. The average Bonchev–Trinajstić information content (AvgIpc) is 3.09. The van der Waals surface area contributed by atoms with E-state index in [1.54, 1.807) is 7.11 Å². The monoisotopic (exact) mass is 360 g/mol. The maximum Gasteiger partial charge on any atom is 0.223 e. The van der Waals surface area contributed by atoms with Crippen molar-refractivity contribution in [2.24, 2.45) is 5.92 Å². The Bertz CT molecular complexity index is 708. The second-order valence-corrected chi connectivity index (χ2v) is 6.96. The second-order valence-electron chi connectivity index (χ2n) is 6.19. The van der Waals surface area contributed by atoms with Crippen molar-refractivity contribution in [2.75, 3.05) is 13.4 Å². The maximum absolute atomic E-state index is 12.4. The number of methoxy groups -OCH3 is 1. The number of rotatable bonds is 6. The van der Waals surface area contributed by atoms with Crippen LogP contribution < -0.4 is 10.1 Å². The lowest BCUT2D eigenvalue weighted by molar-refractivity contribution is -0.126. The number of amides is 1. The molecule has 0 bridgehead atoms. The molecule has 0 unspecified atom stereocenters. The van der Waals surface area contributed by atoms with Crippen molar-refractivity contribution in [1.29, 1.82) is 0 Å². The van der Waals surface area contributed by atoms with Crippen molar-refractivity contribution in [1.82, 2.24) is 20.1 Å². The SMILES string of the molecule is COc1ccc(-n2c(CNC(=O)C3CCCCC3)nnc2SC)cc1. The van der Waals surface area contributed by atoms with E-state index in [9.17, 15) is 4.79 Å². The van der Waals surface area contributed by atoms with Gasteiger partial charge in [-0.3, -0.25) is 9.36 Å². The molecule has 0 radical (unpaired) electrons. The Labute approximate surface area is 152 Å². The molecule has 1 N–H and O–H groups in total. The zero-order chi connectivity index (χ0) is 17.6. The lowest BCUT2D eigenvalue weighted by Gasteiger charge is -2.20. The summed E-state index contributed by atoms with van der Waals surface area (Å²) in [6.07, 6.45) is 7.49. The third-order valence-electron chi connectivity index (χ3n) is 4.61. The van der Waals surface area contributed by atoms with Gasteiger partial charge in [-0.1, -0.05) is 31.0 Å². The molecule has 0 saturated heterocycles. The Morgan fingerprint density at radius 2 is 1.96 bits per heavy atom. The maximum atomic E-state index is 12.4. The van der Waals surface area contributed by atoms with Crippen LogP contribution in [0.5, 0.6) is 5.75 Å². The Balaban J connectivity index is 1.75. The Kier molecular flexibility index (Phi) is 5.96. The number of carbonyl (C=O) groups excluding carboxylic acids is 1. The lowest BCUT2D eigenvalue weighted by Crippen LogP contribution is -2.32. The molecular formula is C18H24N4O2S. The molecule has 2 aromatic rings. The van der Waals surface area contributed by atoms with E-state index >= 15 is 0 Å². The van der Waals surface area contributed by atoms with Gasteiger partial charge in [0.15, 0.2) is 11.0 Å². The summed E-state index contributed by atoms with van der Waals surface area (Å²) in [4.78, 5) is 12.4. The van der Waals surface area contributed by atoms with Crippen molar-refractivity contribution in [3.05, 3.63) is 30.1 Å². The smallest absolute Gasteiger partial charge is 0.223 e. The molecule has 6 nitrogen and oxygen atoms in total. The van der Waals surface area contributed by atoms with Gasteiger partial charge in [-0.25, -0.2) is 0 Å². The van der Waals surface area contributed by atoms with Crippen LogP contribution in [0.25, 0.3) is 5.69 Å². The number of ether oxygens (including phenoxy) is 1. The van der Waals surface area contributed by atoms with E-state index < -0.39 is 0 Å². The van der Waals surface area contributed by atoms with E-state index in [4.69, 9.17) is 4.74 Å². The molecule has 0 spiro atoms. The van der Waals surface area contributed by atoms with E-state index in [0.29, 0.717) is 6.54 Å². The molecule has 0 atom stereocenters. The molecule has 1 aliphatic carbocycles. The Hall–Kier alpha value is -2.02. The summed E-state index contributed by atoms with van der Waals surface area (Å²) in [5.41, 5.74) is 0.956. The molecule has 1 aliphatic rings. The first-order chi connectivity index (χ1) is 12.2. The summed E-state index contributed by atoms with van der Waals surface area (Å²) in [5.74, 6) is 1.81. The van der Waals surface area contributed by atoms with Crippen LogP contribution in [0.4, 0.5) is 0 Å². The van der Waals surface area contributed by atoms with Crippen LogP contribution in [0, 0.1) is 5.92 Å². The summed E-state index contributed by atoms with van der Waals surface area (Å²) < 4.78 is 7.19. The second kappa shape index (κ2) is 8.38. The molecule has 1 heterocycles. The number of hydrogen-bond acceptors (Lipinski definition) is 5. The highest BCUT2D eigenvalue weighted by atomic mass is 32.2. The van der Waals surface area contributed by atoms with Crippen molar-refractivity contribution in [2.45, 2.75) is 43.8 Å². The number of hydrogen-bond donors (Lipinski definition) is 1. The van der Waals surface area contributed by atoms with Gasteiger partial charge < -0.3 is 10.1 Å². The lowest BCUT2D eigenvalue weighted by atomic mass is 9.89. The molecular weight excluding hydrogens is 336 g/mol. The van der Waals surface area contributed by atoms with Gasteiger partial charge in [0, 0.05) is 11.6 Å². The summed E-state index contributed by atoms with van der Waals surface area (Å²) >= 11 is 1.53. The molecule has 1 amide bonds. The zero-order valence-corrected chi connectivity index (χ0v) is 15.5. The van der Waals surface area contributed by atoms with Gasteiger partial charge in [-0.15, -0.1) is 10.2 Å². The number of nitrogens with one attached hydrogen (secondary N) is 1. The van der Waals surface area contributed by atoms with Crippen LogP contribution in [0.2, 0.25) is 0 Å². The average molecular weight is 360 g/mol. The third kappa shape index (κ3) is 4.15. The fourth-order valence-corrected chi connectivity index (χ4v) is 3.73. The van der Waals surface area contributed by atoms with Gasteiger partial charge >= 0.3 is 0 Å². The van der Waals surface area contributed by atoms with E-state index in [0.717, 1.165) is 48.1 Å². The van der Waals surface area contributed by atoms with E-state index in [1.807, 2.05) is 35.1 Å². The van der Waals surface area contributed by atoms with Gasteiger partial charge in [0.2, 0.25) is 5.91 Å². The number of aromatic nitrogens is 3. The molecule has 7 heteroatoms. The van der Waals surface area contributed by atoms with Crippen molar-refractivity contribution >= 4 is 17.7 Å². The van der Waals surface area contributed by atoms with Gasteiger partial charge in [-0.05, 0) is 43.4 Å². The molecule has 1 fully saturated rings. The topological polar surface area (TPSA) is 69.0 Å². The largest absolute Gasteiger partial charge is 0.497 e. The van der Waals surface area contributed by atoms with Gasteiger partial charge in [-0.2, -0.15) is 0 Å². The molecule has 0 aliphatic heterocycles. The first-order valence-electron chi connectivity index (χ1n) is 8.63. The molecule has 1 aromatic heterocycles. The molecule has 1 aromatic carbocycles.